The molecule has 2 rings (SSSR count). The zero-order chi connectivity index (χ0) is 11.4. The predicted molar refractivity (Wildman–Crippen MR) is 79.3 cm³/mol. The molecule has 2 aromatic carbocycles. The highest BCUT2D eigenvalue weighted by Gasteiger charge is 1.89. The quantitative estimate of drug-likeness (QED) is 0.552. The molecule has 0 unspecified atom stereocenters. The van der Waals surface area contributed by atoms with Gasteiger partial charge in [-0.3, -0.25) is 0 Å². The highest BCUT2D eigenvalue weighted by molar-refractivity contribution is 14.1. The summed E-state index contributed by atoms with van der Waals surface area (Å²) in [4.78, 5) is 0. The summed E-state index contributed by atoms with van der Waals surface area (Å²) in [5.74, 6) is 0. The van der Waals surface area contributed by atoms with Gasteiger partial charge < -0.3 is 0 Å². The second kappa shape index (κ2) is 5.30. The van der Waals surface area contributed by atoms with Crippen LogP contribution in [0.25, 0.3) is 12.2 Å². The summed E-state index contributed by atoms with van der Waals surface area (Å²) in [5, 5.41) is 0. The second-order valence-corrected chi connectivity index (χ2v) is 5.04. The normalized spacial score (nSPS) is 10.9. The Morgan fingerprint density at radius 3 is 2.25 bits per heavy atom. The molecule has 16 heavy (non-hydrogen) atoms. The lowest BCUT2D eigenvalue weighted by molar-refractivity contribution is 1.46. The fraction of sp³-hybridized carbons (Fsp3) is 0.0667. The minimum absolute atomic E-state index is 1.24. The van der Waals surface area contributed by atoms with Gasteiger partial charge in [0.05, 0.1) is 0 Å². The number of aryl methyl sites for hydroxylation is 1. The Hall–Kier alpha value is -1.09. The molecular weight excluding hydrogens is 307 g/mol. The lowest BCUT2D eigenvalue weighted by Gasteiger charge is -1.96. The van der Waals surface area contributed by atoms with Gasteiger partial charge >= 0.3 is 0 Å². The van der Waals surface area contributed by atoms with Crippen LogP contribution in [0.3, 0.4) is 0 Å². The molecule has 0 fully saturated rings. The van der Waals surface area contributed by atoms with Crippen molar-refractivity contribution in [3.63, 3.8) is 0 Å². The monoisotopic (exact) mass is 320 g/mol. The first-order valence-electron chi connectivity index (χ1n) is 5.24. The number of benzene rings is 2. The topological polar surface area (TPSA) is 0 Å². The van der Waals surface area contributed by atoms with Gasteiger partial charge in [-0.1, -0.05) is 54.1 Å². The van der Waals surface area contributed by atoms with Crippen molar-refractivity contribution >= 4 is 34.7 Å². The van der Waals surface area contributed by atoms with Crippen LogP contribution in [-0.4, -0.2) is 0 Å². The van der Waals surface area contributed by atoms with E-state index in [-0.39, 0.29) is 0 Å². The molecule has 0 spiro atoms. The van der Waals surface area contributed by atoms with Crippen molar-refractivity contribution in [1.29, 1.82) is 0 Å². The van der Waals surface area contributed by atoms with Crippen molar-refractivity contribution in [1.82, 2.24) is 0 Å². The minimum atomic E-state index is 1.24. The third kappa shape index (κ3) is 3.20. The van der Waals surface area contributed by atoms with E-state index in [0.29, 0.717) is 0 Å². The number of hydrogen-bond acceptors (Lipinski definition) is 0. The van der Waals surface area contributed by atoms with Gasteiger partial charge in [0.15, 0.2) is 0 Å². The van der Waals surface area contributed by atoms with E-state index in [1.165, 1.54) is 20.3 Å². The average molecular weight is 320 g/mol. The Bertz CT molecular complexity index is 495. The zero-order valence-corrected chi connectivity index (χ0v) is 11.3. The van der Waals surface area contributed by atoms with E-state index < -0.39 is 0 Å². The molecule has 0 amide bonds. The molecule has 0 nitrogen and oxygen atoms in total. The minimum Gasteiger partial charge on any atom is -0.0606 e. The van der Waals surface area contributed by atoms with Gasteiger partial charge in [-0.15, -0.1) is 0 Å². The van der Waals surface area contributed by atoms with Crippen LogP contribution in [0.5, 0.6) is 0 Å². The van der Waals surface area contributed by atoms with Crippen molar-refractivity contribution < 1.29 is 0 Å². The van der Waals surface area contributed by atoms with Gasteiger partial charge in [0.2, 0.25) is 0 Å². The predicted octanol–water partition coefficient (Wildman–Crippen LogP) is 4.77. The van der Waals surface area contributed by atoms with Crippen LogP contribution >= 0.6 is 22.6 Å². The largest absolute Gasteiger partial charge is 0.0606 e. The molecule has 0 N–H and O–H groups in total. The van der Waals surface area contributed by atoms with E-state index >= 15 is 0 Å². The maximum absolute atomic E-state index is 2.33. The summed E-state index contributed by atoms with van der Waals surface area (Å²) in [5.41, 5.74) is 3.78. The molecule has 2 aromatic rings. The number of hydrogen-bond donors (Lipinski definition) is 0. The van der Waals surface area contributed by atoms with Crippen LogP contribution in [0.1, 0.15) is 16.7 Å². The standard InChI is InChI=1S/C15H13I/c1-12-5-7-13(8-6-12)9-10-14-3-2-4-15(16)11-14/h2-11H,1H3/b10-9+. The fourth-order valence-corrected chi connectivity index (χ4v) is 2.05. The molecule has 0 heterocycles. The Morgan fingerprint density at radius 2 is 1.56 bits per heavy atom. The van der Waals surface area contributed by atoms with Gasteiger partial charge in [-0.2, -0.15) is 0 Å². The van der Waals surface area contributed by atoms with Crippen molar-refractivity contribution in [2.75, 3.05) is 0 Å². The van der Waals surface area contributed by atoms with Crippen molar-refractivity contribution in [2.24, 2.45) is 0 Å². The first kappa shape index (κ1) is 11.4. The Labute approximate surface area is 110 Å². The van der Waals surface area contributed by atoms with Crippen LogP contribution in [0, 0.1) is 10.5 Å². The molecule has 0 aliphatic carbocycles. The fourth-order valence-electron chi connectivity index (χ4n) is 1.48. The first-order valence-corrected chi connectivity index (χ1v) is 6.32. The molecular formula is C15H13I. The third-order valence-corrected chi connectivity index (χ3v) is 3.07. The number of halogens is 1. The SMILES string of the molecule is Cc1ccc(/C=C/c2cccc(I)c2)cc1. The van der Waals surface area contributed by atoms with Crippen molar-refractivity contribution in [3.8, 4) is 0 Å². The average Bonchev–Trinajstić information content (AvgIpc) is 2.28. The van der Waals surface area contributed by atoms with Crippen LogP contribution in [-0.2, 0) is 0 Å². The summed E-state index contributed by atoms with van der Waals surface area (Å²) in [6.07, 6.45) is 4.29. The van der Waals surface area contributed by atoms with Gasteiger partial charge in [0.1, 0.15) is 0 Å². The Morgan fingerprint density at radius 1 is 0.875 bits per heavy atom. The van der Waals surface area contributed by atoms with Crippen molar-refractivity contribution in [2.45, 2.75) is 6.92 Å². The second-order valence-electron chi connectivity index (χ2n) is 3.80. The molecule has 0 aromatic heterocycles. The van der Waals surface area contributed by atoms with E-state index in [1.807, 2.05) is 0 Å². The zero-order valence-electron chi connectivity index (χ0n) is 9.15. The van der Waals surface area contributed by atoms with E-state index in [2.05, 4.69) is 90.2 Å². The molecule has 0 saturated heterocycles. The lowest BCUT2D eigenvalue weighted by atomic mass is 10.1. The third-order valence-electron chi connectivity index (χ3n) is 2.39. The van der Waals surface area contributed by atoms with Crippen LogP contribution in [0.4, 0.5) is 0 Å². The Kier molecular flexibility index (Phi) is 3.78. The summed E-state index contributed by atoms with van der Waals surface area (Å²) in [7, 11) is 0. The molecule has 0 aliphatic heterocycles. The lowest BCUT2D eigenvalue weighted by Crippen LogP contribution is -1.75. The van der Waals surface area contributed by atoms with E-state index in [9.17, 15) is 0 Å². The smallest absolute Gasteiger partial charge is 0.0136 e. The molecule has 80 valence electrons. The molecule has 0 saturated carbocycles. The number of rotatable bonds is 2. The van der Waals surface area contributed by atoms with Gasteiger partial charge in [-0.05, 0) is 52.8 Å². The summed E-state index contributed by atoms with van der Waals surface area (Å²) < 4.78 is 1.27. The molecule has 0 atom stereocenters. The van der Waals surface area contributed by atoms with Gasteiger partial charge in [0.25, 0.3) is 0 Å². The van der Waals surface area contributed by atoms with E-state index in [1.54, 1.807) is 0 Å². The summed E-state index contributed by atoms with van der Waals surface area (Å²) in [6, 6.07) is 17.0. The molecule has 1 heteroatoms. The van der Waals surface area contributed by atoms with Crippen LogP contribution in [0.15, 0.2) is 48.5 Å². The molecule has 0 aliphatic rings. The van der Waals surface area contributed by atoms with E-state index in [0.717, 1.165) is 0 Å². The first-order chi connectivity index (χ1) is 7.74. The molecule has 0 bridgehead atoms. The Balaban J connectivity index is 2.18. The van der Waals surface area contributed by atoms with Crippen molar-refractivity contribution in [3.05, 3.63) is 68.8 Å². The highest BCUT2D eigenvalue weighted by atomic mass is 127. The highest BCUT2D eigenvalue weighted by Crippen LogP contribution is 2.12. The van der Waals surface area contributed by atoms with Gasteiger partial charge in [-0.25, -0.2) is 0 Å². The van der Waals surface area contributed by atoms with Crippen LogP contribution < -0.4 is 0 Å². The summed E-state index contributed by atoms with van der Waals surface area (Å²) in [6.45, 7) is 2.10. The van der Waals surface area contributed by atoms with E-state index in [4.69, 9.17) is 0 Å². The van der Waals surface area contributed by atoms with Gasteiger partial charge in [0, 0.05) is 3.57 Å². The maximum Gasteiger partial charge on any atom is 0.0136 e. The molecule has 0 radical (unpaired) electrons. The maximum atomic E-state index is 2.33. The van der Waals surface area contributed by atoms with Crippen LogP contribution in [0.2, 0.25) is 0 Å². The summed E-state index contributed by atoms with van der Waals surface area (Å²) >= 11 is 2.33.